The van der Waals surface area contributed by atoms with Crippen LogP contribution in [-0.2, 0) is 9.47 Å². The van der Waals surface area contributed by atoms with Crippen LogP contribution < -0.4 is 5.32 Å². The van der Waals surface area contributed by atoms with Gasteiger partial charge in [-0.2, -0.15) is 4.39 Å². The van der Waals surface area contributed by atoms with Gasteiger partial charge in [0, 0.05) is 6.07 Å². The van der Waals surface area contributed by atoms with Gasteiger partial charge in [0.05, 0.1) is 24.6 Å². The number of nitrogens with one attached hydrogen (secondary N) is 1. The monoisotopic (exact) mass is 270 g/mol. The summed E-state index contributed by atoms with van der Waals surface area (Å²) >= 11 is 0. The maximum Gasteiger partial charge on any atom is 0.412 e. The standard InChI is InChI=1S/C12H15FN2O4/c1-12(2,3)19-11(17)15-8-6-14-9(13)5-7(8)10(16)18-4/h5-6H,1-4H3,(H,15,17). The topological polar surface area (TPSA) is 77.5 Å². The lowest BCUT2D eigenvalue weighted by atomic mass is 10.2. The number of esters is 1. The number of ether oxygens (including phenoxy) is 2. The summed E-state index contributed by atoms with van der Waals surface area (Å²) in [6.07, 6.45) is 0.247. The number of pyridine rings is 1. The first-order valence-electron chi connectivity index (χ1n) is 5.47. The van der Waals surface area contributed by atoms with Crippen LogP contribution in [0.25, 0.3) is 0 Å². The van der Waals surface area contributed by atoms with Crippen LogP contribution in [-0.4, -0.2) is 29.8 Å². The van der Waals surface area contributed by atoms with Crippen LogP contribution >= 0.6 is 0 Å². The highest BCUT2D eigenvalue weighted by Crippen LogP contribution is 2.17. The highest BCUT2D eigenvalue weighted by Gasteiger charge is 2.20. The number of halogens is 1. The molecular formula is C12H15FN2O4. The van der Waals surface area contributed by atoms with E-state index in [0.717, 1.165) is 19.4 Å². The van der Waals surface area contributed by atoms with Crippen LogP contribution in [0.1, 0.15) is 31.1 Å². The minimum atomic E-state index is -0.852. The molecule has 1 N–H and O–H groups in total. The minimum absolute atomic E-state index is 0.0162. The quantitative estimate of drug-likeness (QED) is 0.659. The maximum absolute atomic E-state index is 13.0. The lowest BCUT2D eigenvalue weighted by Gasteiger charge is -2.20. The molecule has 6 nitrogen and oxygen atoms in total. The van der Waals surface area contributed by atoms with Gasteiger partial charge in [-0.1, -0.05) is 0 Å². The van der Waals surface area contributed by atoms with E-state index in [1.807, 2.05) is 0 Å². The predicted octanol–water partition coefficient (Wildman–Crippen LogP) is 2.35. The van der Waals surface area contributed by atoms with E-state index < -0.39 is 23.6 Å². The summed E-state index contributed by atoms with van der Waals surface area (Å²) in [6, 6.07) is 0.874. The number of rotatable bonds is 2. The van der Waals surface area contributed by atoms with Crippen molar-refractivity contribution >= 4 is 17.7 Å². The van der Waals surface area contributed by atoms with Gasteiger partial charge in [-0.3, -0.25) is 5.32 Å². The zero-order valence-electron chi connectivity index (χ0n) is 11.1. The molecule has 0 aliphatic carbocycles. The molecule has 1 aromatic rings. The zero-order valence-corrected chi connectivity index (χ0v) is 11.1. The van der Waals surface area contributed by atoms with Gasteiger partial charge in [-0.05, 0) is 20.8 Å². The van der Waals surface area contributed by atoms with Gasteiger partial charge in [0.25, 0.3) is 0 Å². The van der Waals surface area contributed by atoms with Crippen LogP contribution in [0.2, 0.25) is 0 Å². The molecule has 0 atom stereocenters. The van der Waals surface area contributed by atoms with Gasteiger partial charge < -0.3 is 9.47 Å². The van der Waals surface area contributed by atoms with Crippen molar-refractivity contribution in [2.45, 2.75) is 26.4 Å². The summed E-state index contributed by atoms with van der Waals surface area (Å²) in [5.41, 5.74) is -0.813. The fourth-order valence-electron chi connectivity index (χ4n) is 1.22. The fourth-order valence-corrected chi connectivity index (χ4v) is 1.22. The van der Waals surface area contributed by atoms with E-state index in [4.69, 9.17) is 4.74 Å². The minimum Gasteiger partial charge on any atom is -0.465 e. The van der Waals surface area contributed by atoms with Crippen LogP contribution in [0.5, 0.6) is 0 Å². The Morgan fingerprint density at radius 3 is 2.53 bits per heavy atom. The van der Waals surface area contributed by atoms with Crippen LogP contribution in [0, 0.1) is 5.95 Å². The second kappa shape index (κ2) is 5.64. The Kier molecular flexibility index (Phi) is 4.42. The molecule has 0 aliphatic heterocycles. The molecule has 7 heteroatoms. The van der Waals surface area contributed by atoms with Crippen molar-refractivity contribution < 1.29 is 23.5 Å². The van der Waals surface area contributed by atoms with Gasteiger partial charge in [0.2, 0.25) is 5.95 Å². The molecule has 19 heavy (non-hydrogen) atoms. The van der Waals surface area contributed by atoms with E-state index >= 15 is 0 Å². The molecule has 0 aliphatic rings. The average Bonchev–Trinajstić information content (AvgIpc) is 2.28. The maximum atomic E-state index is 13.0. The van der Waals surface area contributed by atoms with Crippen molar-refractivity contribution in [1.29, 1.82) is 0 Å². The van der Waals surface area contributed by atoms with Gasteiger partial charge in [-0.25, -0.2) is 14.6 Å². The predicted molar refractivity (Wildman–Crippen MR) is 65.4 cm³/mol. The van der Waals surface area contributed by atoms with Crippen LogP contribution in [0.4, 0.5) is 14.9 Å². The van der Waals surface area contributed by atoms with Crippen molar-refractivity contribution in [3.63, 3.8) is 0 Å². The van der Waals surface area contributed by atoms with Crippen LogP contribution in [0.3, 0.4) is 0 Å². The van der Waals surface area contributed by atoms with Gasteiger partial charge in [0.1, 0.15) is 5.60 Å². The van der Waals surface area contributed by atoms with Gasteiger partial charge in [-0.15, -0.1) is 0 Å². The molecule has 104 valence electrons. The molecule has 0 spiro atoms. The normalized spacial score (nSPS) is 10.8. The number of aromatic nitrogens is 1. The van der Waals surface area contributed by atoms with E-state index in [-0.39, 0.29) is 11.3 Å². The number of nitrogens with zero attached hydrogens (tertiary/aromatic N) is 1. The van der Waals surface area contributed by atoms with Gasteiger partial charge >= 0.3 is 12.1 Å². The third kappa shape index (κ3) is 4.53. The Labute approximate surface area is 109 Å². The van der Waals surface area contributed by atoms with E-state index in [1.165, 1.54) is 0 Å². The fraction of sp³-hybridized carbons (Fsp3) is 0.417. The molecule has 0 unspecified atom stereocenters. The Hall–Kier alpha value is -2.18. The number of carbonyl (C=O) groups excluding carboxylic acids is 2. The SMILES string of the molecule is COC(=O)c1cc(F)ncc1NC(=O)OC(C)(C)C. The smallest absolute Gasteiger partial charge is 0.412 e. The number of anilines is 1. The van der Waals surface area contributed by atoms with Crippen molar-refractivity contribution in [2.75, 3.05) is 12.4 Å². The highest BCUT2D eigenvalue weighted by molar-refractivity contribution is 5.99. The molecule has 0 saturated carbocycles. The third-order valence-corrected chi connectivity index (χ3v) is 1.91. The molecule has 0 bridgehead atoms. The average molecular weight is 270 g/mol. The lowest BCUT2D eigenvalue weighted by molar-refractivity contribution is 0.0601. The van der Waals surface area contributed by atoms with E-state index in [0.29, 0.717) is 0 Å². The number of hydrogen-bond acceptors (Lipinski definition) is 5. The number of hydrogen-bond donors (Lipinski definition) is 1. The van der Waals surface area contributed by atoms with Crippen molar-refractivity contribution in [3.8, 4) is 0 Å². The largest absolute Gasteiger partial charge is 0.465 e. The Morgan fingerprint density at radius 2 is 2.00 bits per heavy atom. The van der Waals surface area contributed by atoms with Crippen molar-refractivity contribution in [1.82, 2.24) is 4.98 Å². The molecule has 1 aromatic heterocycles. The molecule has 0 aromatic carbocycles. The lowest BCUT2D eigenvalue weighted by Crippen LogP contribution is -2.28. The first kappa shape index (κ1) is 14.9. The molecule has 0 fully saturated rings. The summed E-state index contributed by atoms with van der Waals surface area (Å²) in [4.78, 5) is 26.4. The molecule has 1 amide bonds. The molecular weight excluding hydrogens is 255 g/mol. The summed E-state index contributed by atoms with van der Waals surface area (Å²) in [7, 11) is 1.15. The molecule has 0 saturated heterocycles. The van der Waals surface area contributed by atoms with E-state index in [9.17, 15) is 14.0 Å². The molecule has 1 heterocycles. The van der Waals surface area contributed by atoms with Crippen molar-refractivity contribution in [2.24, 2.45) is 0 Å². The van der Waals surface area contributed by atoms with Crippen LogP contribution in [0.15, 0.2) is 12.3 Å². The van der Waals surface area contributed by atoms with E-state index in [1.54, 1.807) is 20.8 Å². The summed E-state index contributed by atoms with van der Waals surface area (Å²) < 4.78 is 22.5. The highest BCUT2D eigenvalue weighted by atomic mass is 19.1. The number of methoxy groups -OCH3 is 1. The molecule has 1 rings (SSSR count). The zero-order chi connectivity index (χ0) is 14.6. The Bertz CT molecular complexity index is 497. The second-order valence-corrected chi connectivity index (χ2v) is 4.67. The summed E-state index contributed by atoms with van der Waals surface area (Å²) in [5.74, 6) is -1.64. The van der Waals surface area contributed by atoms with Crippen molar-refractivity contribution in [3.05, 3.63) is 23.8 Å². The second-order valence-electron chi connectivity index (χ2n) is 4.67. The summed E-state index contributed by atoms with van der Waals surface area (Å²) in [6.45, 7) is 5.07. The first-order valence-corrected chi connectivity index (χ1v) is 5.47. The van der Waals surface area contributed by atoms with Gasteiger partial charge in [0.15, 0.2) is 0 Å². The van der Waals surface area contributed by atoms with E-state index in [2.05, 4.69) is 15.0 Å². The third-order valence-electron chi connectivity index (χ3n) is 1.91. The Balaban J connectivity index is 2.95. The number of amides is 1. The number of carbonyl (C=O) groups is 2. The Morgan fingerprint density at radius 1 is 1.37 bits per heavy atom. The molecule has 0 radical (unpaired) electrons. The summed E-state index contributed by atoms with van der Waals surface area (Å²) in [5, 5.41) is 2.32. The first-order chi connectivity index (χ1) is 8.73.